The summed E-state index contributed by atoms with van der Waals surface area (Å²) in [4.78, 5) is 0. The van der Waals surface area contributed by atoms with Crippen LogP contribution in [0.2, 0.25) is 0 Å². The molecule has 2 aromatic carbocycles. The fourth-order valence-corrected chi connectivity index (χ4v) is 2.29. The minimum atomic E-state index is 0.811. The monoisotopic (exact) mass is 211 g/mol. The van der Waals surface area contributed by atoms with E-state index in [4.69, 9.17) is 5.73 Å². The van der Waals surface area contributed by atoms with Gasteiger partial charge in [-0.2, -0.15) is 0 Å². The summed E-state index contributed by atoms with van der Waals surface area (Å²) in [5.41, 5.74) is 13.0. The van der Waals surface area contributed by atoms with Crippen LogP contribution in [0, 0.1) is 20.8 Å². The minimum absolute atomic E-state index is 0.811. The van der Waals surface area contributed by atoms with Gasteiger partial charge in [-0.1, -0.05) is 29.8 Å². The fourth-order valence-electron chi connectivity index (χ4n) is 2.29. The molecule has 0 aliphatic carbocycles. The Hall–Kier alpha value is -1.76. The third kappa shape index (κ3) is 1.94. The van der Waals surface area contributed by atoms with Crippen LogP contribution in [0.15, 0.2) is 36.4 Å². The Labute approximate surface area is 96.9 Å². The standard InChI is InChI=1S/C15H17N/c1-10-8-11(2)15(12(3)9-10)13-4-6-14(16)7-5-13/h4-9H,16H2,1-3H3. The topological polar surface area (TPSA) is 26.0 Å². The summed E-state index contributed by atoms with van der Waals surface area (Å²) in [7, 11) is 0. The van der Waals surface area contributed by atoms with Crippen molar-refractivity contribution in [1.29, 1.82) is 0 Å². The molecule has 0 saturated carbocycles. The molecule has 0 atom stereocenters. The lowest BCUT2D eigenvalue weighted by Crippen LogP contribution is -1.91. The summed E-state index contributed by atoms with van der Waals surface area (Å²) in [5, 5.41) is 0. The third-order valence-electron chi connectivity index (χ3n) is 2.88. The molecule has 2 N–H and O–H groups in total. The van der Waals surface area contributed by atoms with E-state index in [-0.39, 0.29) is 0 Å². The third-order valence-corrected chi connectivity index (χ3v) is 2.88. The molecule has 0 aromatic heterocycles. The van der Waals surface area contributed by atoms with E-state index in [9.17, 15) is 0 Å². The Morgan fingerprint density at radius 1 is 0.812 bits per heavy atom. The fraction of sp³-hybridized carbons (Fsp3) is 0.200. The van der Waals surface area contributed by atoms with E-state index in [0.717, 1.165) is 5.69 Å². The molecule has 82 valence electrons. The predicted octanol–water partition coefficient (Wildman–Crippen LogP) is 3.86. The lowest BCUT2D eigenvalue weighted by Gasteiger charge is -2.11. The molecule has 0 spiro atoms. The first-order valence-electron chi connectivity index (χ1n) is 5.51. The van der Waals surface area contributed by atoms with E-state index < -0.39 is 0 Å². The number of hydrogen-bond acceptors (Lipinski definition) is 1. The highest BCUT2D eigenvalue weighted by molar-refractivity contribution is 5.72. The van der Waals surface area contributed by atoms with Crippen molar-refractivity contribution in [3.05, 3.63) is 53.1 Å². The second kappa shape index (κ2) is 4.01. The number of hydrogen-bond donors (Lipinski definition) is 1. The van der Waals surface area contributed by atoms with Crippen LogP contribution in [0.25, 0.3) is 11.1 Å². The molecule has 0 aliphatic heterocycles. The molecule has 2 rings (SSSR count). The number of anilines is 1. The zero-order valence-corrected chi connectivity index (χ0v) is 10.0. The number of nitrogens with two attached hydrogens (primary N) is 1. The zero-order valence-electron chi connectivity index (χ0n) is 10.0. The van der Waals surface area contributed by atoms with Crippen LogP contribution in [0.1, 0.15) is 16.7 Å². The highest BCUT2D eigenvalue weighted by Gasteiger charge is 2.05. The summed E-state index contributed by atoms with van der Waals surface area (Å²) in [6.45, 7) is 6.45. The lowest BCUT2D eigenvalue weighted by molar-refractivity contribution is 1.32. The Morgan fingerprint density at radius 2 is 1.31 bits per heavy atom. The number of nitrogen functional groups attached to an aromatic ring is 1. The second-order valence-electron chi connectivity index (χ2n) is 4.40. The van der Waals surface area contributed by atoms with E-state index in [1.165, 1.54) is 27.8 Å². The molecule has 0 bridgehead atoms. The maximum absolute atomic E-state index is 5.70. The highest BCUT2D eigenvalue weighted by Crippen LogP contribution is 2.28. The second-order valence-corrected chi connectivity index (χ2v) is 4.40. The molecule has 0 amide bonds. The molecule has 2 aromatic rings. The minimum Gasteiger partial charge on any atom is -0.399 e. The average Bonchev–Trinajstić information content (AvgIpc) is 2.19. The summed E-state index contributed by atoms with van der Waals surface area (Å²) in [5.74, 6) is 0. The van der Waals surface area contributed by atoms with E-state index in [1.54, 1.807) is 0 Å². The van der Waals surface area contributed by atoms with Gasteiger partial charge in [-0.3, -0.25) is 0 Å². The number of benzene rings is 2. The SMILES string of the molecule is Cc1cc(C)c(-c2ccc(N)cc2)c(C)c1. The van der Waals surface area contributed by atoms with Crippen molar-refractivity contribution in [3.63, 3.8) is 0 Å². The van der Waals surface area contributed by atoms with Crippen molar-refractivity contribution in [3.8, 4) is 11.1 Å². The van der Waals surface area contributed by atoms with Crippen LogP contribution in [0.5, 0.6) is 0 Å². The van der Waals surface area contributed by atoms with Crippen molar-refractivity contribution < 1.29 is 0 Å². The molecule has 1 nitrogen and oxygen atoms in total. The Kier molecular flexibility index (Phi) is 2.69. The first-order chi connectivity index (χ1) is 7.58. The average molecular weight is 211 g/mol. The van der Waals surface area contributed by atoms with Crippen LogP contribution in [0.4, 0.5) is 5.69 Å². The molecule has 0 radical (unpaired) electrons. The molecule has 0 aliphatic rings. The van der Waals surface area contributed by atoms with Crippen LogP contribution >= 0.6 is 0 Å². The molecule has 0 fully saturated rings. The van der Waals surface area contributed by atoms with Gasteiger partial charge in [-0.15, -0.1) is 0 Å². The quantitative estimate of drug-likeness (QED) is 0.712. The molecular formula is C15H17N. The zero-order chi connectivity index (χ0) is 11.7. The van der Waals surface area contributed by atoms with Crippen LogP contribution in [-0.4, -0.2) is 0 Å². The molecule has 0 unspecified atom stereocenters. The lowest BCUT2D eigenvalue weighted by atomic mass is 9.94. The molecule has 16 heavy (non-hydrogen) atoms. The van der Waals surface area contributed by atoms with Gasteiger partial charge in [0.1, 0.15) is 0 Å². The van der Waals surface area contributed by atoms with Gasteiger partial charge in [0, 0.05) is 5.69 Å². The maximum atomic E-state index is 5.70. The van der Waals surface area contributed by atoms with Crippen LogP contribution in [0.3, 0.4) is 0 Å². The van der Waals surface area contributed by atoms with Gasteiger partial charge in [0.25, 0.3) is 0 Å². The summed E-state index contributed by atoms with van der Waals surface area (Å²) in [6, 6.07) is 12.5. The van der Waals surface area contributed by atoms with Gasteiger partial charge in [0.15, 0.2) is 0 Å². The molecule has 0 heterocycles. The maximum Gasteiger partial charge on any atom is 0.0314 e. The van der Waals surface area contributed by atoms with Crippen molar-refractivity contribution in [2.75, 3.05) is 5.73 Å². The Bertz CT molecular complexity index is 486. The first-order valence-corrected chi connectivity index (χ1v) is 5.51. The van der Waals surface area contributed by atoms with E-state index in [0.29, 0.717) is 0 Å². The number of aryl methyl sites for hydroxylation is 3. The summed E-state index contributed by atoms with van der Waals surface area (Å²) >= 11 is 0. The van der Waals surface area contributed by atoms with Gasteiger partial charge < -0.3 is 5.73 Å². The highest BCUT2D eigenvalue weighted by atomic mass is 14.5. The van der Waals surface area contributed by atoms with E-state index in [2.05, 4.69) is 45.0 Å². The Balaban J connectivity index is 2.60. The summed E-state index contributed by atoms with van der Waals surface area (Å²) < 4.78 is 0. The van der Waals surface area contributed by atoms with E-state index >= 15 is 0 Å². The van der Waals surface area contributed by atoms with Crippen molar-refractivity contribution in [2.45, 2.75) is 20.8 Å². The molecule has 0 saturated heterocycles. The van der Waals surface area contributed by atoms with Gasteiger partial charge in [0.05, 0.1) is 0 Å². The number of rotatable bonds is 1. The first kappa shape index (κ1) is 10.7. The summed E-state index contributed by atoms with van der Waals surface area (Å²) in [6.07, 6.45) is 0. The van der Waals surface area contributed by atoms with Gasteiger partial charge in [-0.05, 0) is 55.2 Å². The van der Waals surface area contributed by atoms with E-state index in [1.807, 2.05) is 12.1 Å². The largest absolute Gasteiger partial charge is 0.399 e. The van der Waals surface area contributed by atoms with Crippen LogP contribution < -0.4 is 5.73 Å². The van der Waals surface area contributed by atoms with Crippen LogP contribution in [-0.2, 0) is 0 Å². The van der Waals surface area contributed by atoms with Gasteiger partial charge in [0.2, 0.25) is 0 Å². The van der Waals surface area contributed by atoms with Crippen molar-refractivity contribution >= 4 is 5.69 Å². The van der Waals surface area contributed by atoms with Gasteiger partial charge >= 0.3 is 0 Å². The smallest absolute Gasteiger partial charge is 0.0314 e. The predicted molar refractivity (Wildman–Crippen MR) is 70.5 cm³/mol. The molecular weight excluding hydrogens is 194 g/mol. The van der Waals surface area contributed by atoms with Gasteiger partial charge in [-0.25, -0.2) is 0 Å². The van der Waals surface area contributed by atoms with Crippen molar-refractivity contribution in [1.82, 2.24) is 0 Å². The molecule has 1 heteroatoms. The Morgan fingerprint density at radius 3 is 1.81 bits per heavy atom. The normalized spacial score (nSPS) is 10.4. The van der Waals surface area contributed by atoms with Crippen molar-refractivity contribution in [2.24, 2.45) is 0 Å².